The van der Waals surface area contributed by atoms with Crippen molar-refractivity contribution in [3.63, 3.8) is 0 Å². The number of H-pyrrole nitrogens is 1. The number of hydrogen-bond donors (Lipinski definition) is 4. The van der Waals surface area contributed by atoms with Crippen LogP contribution in [-0.4, -0.2) is 24.0 Å². The molecule has 4 rings (SSSR count). The smallest absolute Gasteiger partial charge is 0.251 e. The van der Waals surface area contributed by atoms with Crippen LogP contribution in [-0.2, 0) is 11.2 Å². The molecule has 1 aliphatic rings. The zero-order valence-electron chi connectivity index (χ0n) is 13.9. The number of nitrogens with one attached hydrogen (secondary N) is 3. The molecule has 3 aromatic rings. The van der Waals surface area contributed by atoms with Gasteiger partial charge in [0.25, 0.3) is 5.91 Å². The SMILES string of the molecule is COc1ccccc1[C@H]1N[C@@H](C(=O)NN)Cc2c1[nH]c1ccccc21. The lowest BCUT2D eigenvalue weighted by Gasteiger charge is -2.31. The topological polar surface area (TPSA) is 92.2 Å². The number of rotatable bonds is 3. The summed E-state index contributed by atoms with van der Waals surface area (Å²) in [5, 5.41) is 4.54. The molecule has 0 radical (unpaired) electrons. The van der Waals surface area contributed by atoms with E-state index < -0.39 is 6.04 Å². The first kappa shape index (κ1) is 15.7. The molecule has 25 heavy (non-hydrogen) atoms. The predicted molar refractivity (Wildman–Crippen MR) is 96.1 cm³/mol. The molecule has 1 aromatic heterocycles. The first-order chi connectivity index (χ1) is 12.2. The Kier molecular flexibility index (Phi) is 3.91. The van der Waals surface area contributed by atoms with Crippen LogP contribution in [0, 0.1) is 0 Å². The molecule has 128 valence electrons. The van der Waals surface area contributed by atoms with Crippen LogP contribution in [0.3, 0.4) is 0 Å². The highest BCUT2D eigenvalue weighted by Crippen LogP contribution is 2.38. The van der Waals surface area contributed by atoms with E-state index in [9.17, 15) is 4.79 Å². The van der Waals surface area contributed by atoms with Crippen molar-refractivity contribution in [2.24, 2.45) is 5.84 Å². The van der Waals surface area contributed by atoms with Gasteiger partial charge < -0.3 is 9.72 Å². The first-order valence-electron chi connectivity index (χ1n) is 8.22. The fourth-order valence-corrected chi connectivity index (χ4v) is 3.65. The largest absolute Gasteiger partial charge is 0.496 e. The molecule has 2 aromatic carbocycles. The maximum atomic E-state index is 12.2. The van der Waals surface area contributed by atoms with Crippen LogP contribution in [0.1, 0.15) is 22.9 Å². The summed E-state index contributed by atoms with van der Waals surface area (Å²) in [7, 11) is 1.65. The molecular weight excluding hydrogens is 316 g/mol. The molecular formula is C19H20N4O2. The molecule has 0 saturated carbocycles. The van der Waals surface area contributed by atoms with Gasteiger partial charge in [-0.15, -0.1) is 0 Å². The number of fused-ring (bicyclic) bond motifs is 3. The van der Waals surface area contributed by atoms with Crippen molar-refractivity contribution in [3.8, 4) is 5.75 Å². The molecule has 0 saturated heterocycles. The van der Waals surface area contributed by atoms with Crippen molar-refractivity contribution in [3.05, 3.63) is 65.4 Å². The van der Waals surface area contributed by atoms with E-state index in [1.54, 1.807) is 7.11 Å². The van der Waals surface area contributed by atoms with E-state index in [1.165, 1.54) is 0 Å². The van der Waals surface area contributed by atoms with Gasteiger partial charge in [-0.2, -0.15) is 0 Å². The van der Waals surface area contributed by atoms with Gasteiger partial charge in [0.15, 0.2) is 0 Å². The zero-order valence-corrected chi connectivity index (χ0v) is 13.9. The van der Waals surface area contributed by atoms with E-state index in [0.29, 0.717) is 6.42 Å². The van der Waals surface area contributed by atoms with Gasteiger partial charge in [0.05, 0.1) is 19.2 Å². The van der Waals surface area contributed by atoms with E-state index in [2.05, 4.69) is 21.8 Å². The summed E-state index contributed by atoms with van der Waals surface area (Å²) in [5.41, 5.74) is 6.50. The van der Waals surface area contributed by atoms with Crippen LogP contribution >= 0.6 is 0 Å². The average Bonchev–Trinajstić information content (AvgIpc) is 3.05. The van der Waals surface area contributed by atoms with E-state index in [-0.39, 0.29) is 11.9 Å². The number of aromatic amines is 1. The molecule has 0 fully saturated rings. The van der Waals surface area contributed by atoms with Crippen LogP contribution < -0.4 is 21.3 Å². The van der Waals surface area contributed by atoms with Gasteiger partial charge in [0, 0.05) is 22.2 Å². The van der Waals surface area contributed by atoms with E-state index >= 15 is 0 Å². The Balaban J connectivity index is 1.90. The highest BCUT2D eigenvalue weighted by molar-refractivity contribution is 5.88. The summed E-state index contributed by atoms with van der Waals surface area (Å²) >= 11 is 0. The summed E-state index contributed by atoms with van der Waals surface area (Å²) in [6.07, 6.45) is 0.577. The average molecular weight is 336 g/mol. The fraction of sp³-hybridized carbons (Fsp3) is 0.211. The van der Waals surface area contributed by atoms with Gasteiger partial charge in [-0.3, -0.25) is 15.5 Å². The Bertz CT molecular complexity index is 934. The molecule has 6 heteroatoms. The lowest BCUT2D eigenvalue weighted by molar-refractivity contribution is -0.123. The summed E-state index contributed by atoms with van der Waals surface area (Å²) in [4.78, 5) is 15.7. The van der Waals surface area contributed by atoms with Gasteiger partial charge in [-0.25, -0.2) is 5.84 Å². The third-order valence-corrected chi connectivity index (χ3v) is 4.82. The molecule has 1 amide bonds. The minimum absolute atomic E-state index is 0.186. The minimum Gasteiger partial charge on any atom is -0.496 e. The highest BCUT2D eigenvalue weighted by Gasteiger charge is 2.34. The molecule has 1 aliphatic heterocycles. The lowest BCUT2D eigenvalue weighted by atomic mass is 9.89. The molecule has 2 heterocycles. The van der Waals surface area contributed by atoms with Crippen LogP contribution in [0.25, 0.3) is 10.9 Å². The van der Waals surface area contributed by atoms with Gasteiger partial charge in [0.2, 0.25) is 0 Å². The van der Waals surface area contributed by atoms with E-state index in [4.69, 9.17) is 10.6 Å². The Morgan fingerprint density at radius 2 is 1.96 bits per heavy atom. The van der Waals surface area contributed by atoms with Gasteiger partial charge in [0.1, 0.15) is 5.75 Å². The summed E-state index contributed by atoms with van der Waals surface area (Å²) in [5.74, 6) is 5.93. The number of nitrogens with two attached hydrogens (primary N) is 1. The lowest BCUT2D eigenvalue weighted by Crippen LogP contribution is -2.51. The number of para-hydroxylation sites is 2. The summed E-state index contributed by atoms with van der Waals surface area (Å²) < 4.78 is 5.53. The van der Waals surface area contributed by atoms with Crippen molar-refractivity contribution < 1.29 is 9.53 Å². The maximum absolute atomic E-state index is 12.2. The van der Waals surface area contributed by atoms with Crippen LogP contribution in [0.5, 0.6) is 5.75 Å². The van der Waals surface area contributed by atoms with E-state index in [0.717, 1.165) is 33.5 Å². The van der Waals surface area contributed by atoms with Crippen molar-refractivity contribution in [1.29, 1.82) is 0 Å². The highest BCUT2D eigenvalue weighted by atomic mass is 16.5. The summed E-state index contributed by atoms with van der Waals surface area (Å²) in [6.45, 7) is 0. The van der Waals surface area contributed by atoms with Gasteiger partial charge in [-0.05, 0) is 24.1 Å². The number of hydrazine groups is 1. The second-order valence-electron chi connectivity index (χ2n) is 6.17. The Morgan fingerprint density at radius 3 is 2.76 bits per heavy atom. The quantitative estimate of drug-likeness (QED) is 0.333. The van der Waals surface area contributed by atoms with Crippen LogP contribution in [0.2, 0.25) is 0 Å². The monoisotopic (exact) mass is 336 g/mol. The van der Waals surface area contributed by atoms with Crippen LogP contribution in [0.15, 0.2) is 48.5 Å². The first-order valence-corrected chi connectivity index (χ1v) is 8.22. The van der Waals surface area contributed by atoms with E-state index in [1.807, 2.05) is 42.5 Å². The fourth-order valence-electron chi connectivity index (χ4n) is 3.65. The number of carbonyl (C=O) groups excluding carboxylic acids is 1. The molecule has 0 aliphatic carbocycles. The minimum atomic E-state index is -0.411. The zero-order chi connectivity index (χ0) is 17.4. The molecule has 0 unspecified atom stereocenters. The van der Waals surface area contributed by atoms with Gasteiger partial charge >= 0.3 is 0 Å². The second kappa shape index (κ2) is 6.23. The standard InChI is InChI=1S/C19H20N4O2/c1-25-16-9-5-3-7-12(16)17-18-13(10-15(22-17)19(24)23-20)11-6-2-4-8-14(11)21-18/h2-9,15,17,21-22H,10,20H2,1H3,(H,23,24)/t15-,17-/m1/s1. The molecule has 0 spiro atoms. The van der Waals surface area contributed by atoms with Gasteiger partial charge in [-0.1, -0.05) is 36.4 Å². The number of methoxy groups -OCH3 is 1. The Labute approximate surface area is 145 Å². The second-order valence-corrected chi connectivity index (χ2v) is 6.17. The molecule has 0 bridgehead atoms. The summed E-state index contributed by atoms with van der Waals surface area (Å²) in [6, 6.07) is 15.4. The molecule has 2 atom stereocenters. The van der Waals surface area contributed by atoms with Crippen molar-refractivity contribution >= 4 is 16.8 Å². The maximum Gasteiger partial charge on any atom is 0.251 e. The van der Waals surface area contributed by atoms with Crippen molar-refractivity contribution in [1.82, 2.24) is 15.7 Å². The van der Waals surface area contributed by atoms with Crippen molar-refractivity contribution in [2.45, 2.75) is 18.5 Å². The third kappa shape index (κ3) is 2.56. The number of ether oxygens (including phenoxy) is 1. The Hall–Kier alpha value is -2.83. The number of carbonyl (C=O) groups is 1. The number of amides is 1. The number of benzene rings is 2. The predicted octanol–water partition coefficient (Wildman–Crippen LogP) is 1.77. The van der Waals surface area contributed by atoms with Crippen LogP contribution in [0.4, 0.5) is 0 Å². The third-order valence-electron chi connectivity index (χ3n) is 4.82. The number of aromatic nitrogens is 1. The normalized spacial score (nSPS) is 19.4. The molecule has 6 nitrogen and oxygen atoms in total. The molecule has 5 N–H and O–H groups in total. The number of hydrogen-bond acceptors (Lipinski definition) is 4. The Morgan fingerprint density at radius 1 is 1.20 bits per heavy atom. The van der Waals surface area contributed by atoms with Crippen molar-refractivity contribution in [2.75, 3.05) is 7.11 Å².